The molecule has 1 heterocycles. The molecule has 0 aliphatic heterocycles. The van der Waals surface area contributed by atoms with Crippen molar-refractivity contribution in [1.82, 2.24) is 10.2 Å². The van der Waals surface area contributed by atoms with Gasteiger partial charge in [-0.1, -0.05) is 0 Å². The van der Waals surface area contributed by atoms with Crippen LogP contribution < -0.4 is 5.32 Å². The summed E-state index contributed by atoms with van der Waals surface area (Å²) < 4.78 is 5.00. The first-order chi connectivity index (χ1) is 9.56. The number of aliphatic hydroxyl groups excluding tert-OH is 1. The molecule has 2 rings (SSSR count). The first-order valence-corrected chi connectivity index (χ1v) is 6.80. The van der Waals surface area contributed by atoms with Gasteiger partial charge in [-0.3, -0.25) is 9.59 Å². The minimum atomic E-state index is -0.318. The van der Waals surface area contributed by atoms with Crippen molar-refractivity contribution in [2.24, 2.45) is 5.92 Å². The zero-order valence-corrected chi connectivity index (χ0v) is 11.5. The van der Waals surface area contributed by atoms with Crippen LogP contribution >= 0.6 is 0 Å². The summed E-state index contributed by atoms with van der Waals surface area (Å²) in [4.78, 5) is 24.9. The second kappa shape index (κ2) is 6.56. The maximum absolute atomic E-state index is 11.9. The van der Waals surface area contributed by atoms with Gasteiger partial charge in [0.1, 0.15) is 0 Å². The number of nitrogens with one attached hydrogen (secondary N) is 1. The zero-order chi connectivity index (χ0) is 14.5. The molecule has 20 heavy (non-hydrogen) atoms. The van der Waals surface area contributed by atoms with E-state index < -0.39 is 0 Å². The van der Waals surface area contributed by atoms with E-state index >= 15 is 0 Å². The minimum Gasteiger partial charge on any atom is -0.459 e. The number of carbonyl (C=O) groups is 2. The number of rotatable bonds is 5. The number of carbonyl (C=O) groups excluding carboxylic acids is 2. The van der Waals surface area contributed by atoms with Crippen LogP contribution in [0.2, 0.25) is 0 Å². The summed E-state index contributed by atoms with van der Waals surface area (Å²) in [5, 5.41) is 12.2. The molecule has 2 amide bonds. The molecule has 0 bridgehead atoms. The fourth-order valence-corrected chi connectivity index (χ4v) is 2.42. The molecule has 0 spiro atoms. The van der Waals surface area contributed by atoms with Crippen LogP contribution in [0, 0.1) is 5.92 Å². The van der Waals surface area contributed by atoms with Gasteiger partial charge in [0.05, 0.1) is 18.9 Å². The molecule has 1 fully saturated rings. The van der Waals surface area contributed by atoms with Crippen molar-refractivity contribution in [3.8, 4) is 0 Å². The summed E-state index contributed by atoms with van der Waals surface area (Å²) in [7, 11) is 1.56. The van der Waals surface area contributed by atoms with Crippen LogP contribution in [0.15, 0.2) is 22.8 Å². The van der Waals surface area contributed by atoms with E-state index in [9.17, 15) is 14.7 Å². The van der Waals surface area contributed by atoms with Gasteiger partial charge in [0, 0.05) is 13.6 Å². The highest BCUT2D eigenvalue weighted by Gasteiger charge is 2.23. The average molecular weight is 280 g/mol. The molecule has 1 aromatic rings. The van der Waals surface area contributed by atoms with Gasteiger partial charge in [-0.15, -0.1) is 0 Å². The van der Waals surface area contributed by atoms with Gasteiger partial charge in [0.25, 0.3) is 5.91 Å². The highest BCUT2D eigenvalue weighted by Crippen LogP contribution is 2.24. The minimum absolute atomic E-state index is 0.00515. The molecule has 1 aromatic heterocycles. The molecule has 2 atom stereocenters. The zero-order valence-electron chi connectivity index (χ0n) is 11.5. The number of likely N-dealkylation sites (N-methyl/N-ethyl adjacent to an activating group) is 1. The highest BCUT2D eigenvalue weighted by atomic mass is 16.3. The molecule has 6 heteroatoms. The number of nitrogens with zero attached hydrogens (tertiary/aromatic N) is 1. The molecule has 0 aromatic carbocycles. The Morgan fingerprint density at radius 2 is 2.30 bits per heavy atom. The van der Waals surface area contributed by atoms with Crippen LogP contribution in [0.3, 0.4) is 0 Å². The quantitative estimate of drug-likeness (QED) is 0.828. The predicted octanol–water partition coefficient (Wildman–Crippen LogP) is 0.629. The molecular weight excluding hydrogens is 260 g/mol. The third-order valence-corrected chi connectivity index (χ3v) is 3.56. The van der Waals surface area contributed by atoms with Gasteiger partial charge in [0.2, 0.25) is 5.91 Å². The molecule has 1 aliphatic carbocycles. The lowest BCUT2D eigenvalue weighted by Gasteiger charge is -2.16. The fourth-order valence-electron chi connectivity index (χ4n) is 2.42. The van der Waals surface area contributed by atoms with E-state index in [1.807, 2.05) is 0 Å². The molecule has 0 saturated heterocycles. The normalized spacial score (nSPS) is 21.7. The van der Waals surface area contributed by atoms with E-state index in [1.165, 1.54) is 11.2 Å². The number of furan rings is 1. The van der Waals surface area contributed by atoms with Crippen LogP contribution in [0.4, 0.5) is 0 Å². The van der Waals surface area contributed by atoms with Crippen molar-refractivity contribution in [3.63, 3.8) is 0 Å². The summed E-state index contributed by atoms with van der Waals surface area (Å²) in [5.41, 5.74) is 0. The summed E-state index contributed by atoms with van der Waals surface area (Å²) in [6.07, 6.45) is 3.66. The number of hydrogen-bond donors (Lipinski definition) is 2. The Morgan fingerprint density at radius 3 is 2.90 bits per heavy atom. The summed E-state index contributed by atoms with van der Waals surface area (Å²) >= 11 is 0. The Labute approximate surface area is 117 Å². The van der Waals surface area contributed by atoms with Gasteiger partial charge < -0.3 is 19.7 Å². The maximum Gasteiger partial charge on any atom is 0.289 e. The van der Waals surface area contributed by atoms with Crippen LogP contribution in [0.25, 0.3) is 0 Å². The van der Waals surface area contributed by atoms with E-state index in [0.717, 1.165) is 19.3 Å². The number of aliphatic hydroxyl groups is 1. The van der Waals surface area contributed by atoms with E-state index in [1.54, 1.807) is 19.2 Å². The van der Waals surface area contributed by atoms with Crippen molar-refractivity contribution in [2.75, 3.05) is 20.1 Å². The maximum atomic E-state index is 11.9. The van der Waals surface area contributed by atoms with Gasteiger partial charge >= 0.3 is 0 Å². The van der Waals surface area contributed by atoms with E-state index in [4.69, 9.17) is 4.42 Å². The molecule has 2 N–H and O–H groups in total. The monoisotopic (exact) mass is 280 g/mol. The van der Waals surface area contributed by atoms with Crippen LogP contribution in [-0.2, 0) is 4.79 Å². The SMILES string of the molecule is CN(CC(=O)NCC1CCC(O)C1)C(=O)c1ccco1. The first kappa shape index (κ1) is 14.6. The standard InChI is InChI=1S/C14H20N2O4/c1-16(14(19)12-3-2-6-20-12)9-13(18)15-8-10-4-5-11(17)7-10/h2-3,6,10-11,17H,4-5,7-9H2,1H3,(H,15,18). The van der Waals surface area contributed by atoms with Gasteiger partial charge in [0.15, 0.2) is 5.76 Å². The van der Waals surface area contributed by atoms with E-state index in [0.29, 0.717) is 12.5 Å². The van der Waals surface area contributed by atoms with Crippen molar-refractivity contribution < 1.29 is 19.1 Å². The first-order valence-electron chi connectivity index (χ1n) is 6.80. The van der Waals surface area contributed by atoms with Crippen LogP contribution in [0.5, 0.6) is 0 Å². The Kier molecular flexibility index (Phi) is 4.79. The Hall–Kier alpha value is -1.82. The topological polar surface area (TPSA) is 82.8 Å². The van der Waals surface area contributed by atoms with E-state index in [2.05, 4.69) is 5.32 Å². The molecule has 2 unspecified atom stereocenters. The second-order valence-electron chi connectivity index (χ2n) is 5.28. The fraction of sp³-hybridized carbons (Fsp3) is 0.571. The van der Waals surface area contributed by atoms with Crippen molar-refractivity contribution in [2.45, 2.75) is 25.4 Å². The predicted molar refractivity (Wildman–Crippen MR) is 72.0 cm³/mol. The van der Waals surface area contributed by atoms with E-state index in [-0.39, 0.29) is 30.2 Å². The third kappa shape index (κ3) is 3.84. The molecular formula is C14H20N2O4. The molecule has 0 radical (unpaired) electrons. The van der Waals surface area contributed by atoms with Crippen molar-refractivity contribution in [1.29, 1.82) is 0 Å². The second-order valence-corrected chi connectivity index (χ2v) is 5.28. The average Bonchev–Trinajstić information content (AvgIpc) is 3.06. The largest absolute Gasteiger partial charge is 0.459 e. The number of amides is 2. The van der Waals surface area contributed by atoms with Crippen LogP contribution in [0.1, 0.15) is 29.8 Å². The summed E-state index contributed by atoms with van der Waals surface area (Å²) in [6, 6.07) is 3.20. The van der Waals surface area contributed by atoms with Gasteiger partial charge in [-0.05, 0) is 37.3 Å². The van der Waals surface area contributed by atoms with Crippen molar-refractivity contribution in [3.05, 3.63) is 24.2 Å². The lowest BCUT2D eigenvalue weighted by atomic mass is 10.1. The Bertz CT molecular complexity index is 458. The lowest BCUT2D eigenvalue weighted by Crippen LogP contribution is -2.39. The summed E-state index contributed by atoms with van der Waals surface area (Å²) in [5.74, 6) is 0.0366. The molecule has 110 valence electrons. The smallest absolute Gasteiger partial charge is 0.289 e. The Balaban J connectivity index is 1.72. The van der Waals surface area contributed by atoms with Gasteiger partial charge in [-0.2, -0.15) is 0 Å². The Morgan fingerprint density at radius 1 is 1.50 bits per heavy atom. The van der Waals surface area contributed by atoms with Gasteiger partial charge in [-0.25, -0.2) is 0 Å². The summed E-state index contributed by atoms with van der Waals surface area (Å²) in [6.45, 7) is 0.549. The van der Waals surface area contributed by atoms with Crippen LogP contribution in [-0.4, -0.2) is 48.1 Å². The molecule has 1 aliphatic rings. The highest BCUT2D eigenvalue weighted by molar-refractivity contribution is 5.94. The molecule has 6 nitrogen and oxygen atoms in total. The molecule has 1 saturated carbocycles. The lowest BCUT2D eigenvalue weighted by molar-refractivity contribution is -0.121. The number of hydrogen-bond acceptors (Lipinski definition) is 4. The third-order valence-electron chi connectivity index (χ3n) is 3.56. The van der Waals surface area contributed by atoms with Crippen molar-refractivity contribution >= 4 is 11.8 Å².